The highest BCUT2D eigenvalue weighted by Gasteiger charge is 2.28. The summed E-state index contributed by atoms with van der Waals surface area (Å²) in [7, 11) is 0. The molecule has 0 radical (unpaired) electrons. The van der Waals surface area contributed by atoms with Crippen molar-refractivity contribution in [2.24, 2.45) is 0 Å². The monoisotopic (exact) mass is 243 g/mol. The zero-order valence-electron chi connectivity index (χ0n) is 8.26. The quantitative estimate of drug-likeness (QED) is 0.878. The van der Waals surface area contributed by atoms with Crippen LogP contribution >= 0.6 is 23.1 Å². The van der Waals surface area contributed by atoms with Gasteiger partial charge in [0.05, 0.1) is 0 Å². The zero-order chi connectivity index (χ0) is 10.7. The molecule has 0 saturated carbocycles. The van der Waals surface area contributed by atoms with E-state index in [1.807, 2.05) is 5.38 Å². The van der Waals surface area contributed by atoms with Crippen molar-refractivity contribution in [2.45, 2.75) is 12.6 Å². The average Bonchev–Trinajstić information content (AvgIpc) is 2.71. The average molecular weight is 243 g/mol. The molecule has 1 aliphatic rings. The minimum absolute atomic E-state index is 0.316. The fraction of sp³-hybridized carbons (Fsp3) is 0.500. The molecule has 2 rings (SSSR count). The molecule has 1 N–H and O–H groups in total. The van der Waals surface area contributed by atoms with Crippen LogP contribution in [0.15, 0.2) is 16.8 Å². The van der Waals surface area contributed by atoms with E-state index in [2.05, 4.69) is 16.3 Å². The van der Waals surface area contributed by atoms with Crippen molar-refractivity contribution in [1.29, 1.82) is 0 Å². The Kier molecular flexibility index (Phi) is 3.66. The van der Waals surface area contributed by atoms with Crippen molar-refractivity contribution in [3.63, 3.8) is 0 Å². The first-order valence-corrected chi connectivity index (χ1v) is 6.93. The Bertz CT molecular complexity index is 326. The van der Waals surface area contributed by atoms with Gasteiger partial charge in [-0.15, -0.1) is 0 Å². The highest BCUT2D eigenvalue weighted by Crippen LogP contribution is 2.20. The summed E-state index contributed by atoms with van der Waals surface area (Å²) in [6.07, 6.45) is 0. The molecule has 0 aliphatic carbocycles. The number of thioether (sulfide) groups is 1. The second-order valence-electron chi connectivity index (χ2n) is 3.53. The summed E-state index contributed by atoms with van der Waals surface area (Å²) in [4.78, 5) is 13.1. The molecule has 0 bridgehead atoms. The Hall–Kier alpha value is -0.520. The van der Waals surface area contributed by atoms with Crippen LogP contribution in [0.1, 0.15) is 5.56 Å². The number of carbonyl (C=O) groups is 1. The SMILES string of the molecule is O=C(O)C1CSCCN1Cc1ccsc1. The van der Waals surface area contributed by atoms with E-state index in [1.165, 1.54) is 5.56 Å². The predicted octanol–water partition coefficient (Wildman–Crippen LogP) is 1.75. The van der Waals surface area contributed by atoms with Crippen LogP contribution in [-0.4, -0.2) is 40.1 Å². The van der Waals surface area contributed by atoms with Gasteiger partial charge in [0.15, 0.2) is 0 Å². The first-order chi connectivity index (χ1) is 7.27. The van der Waals surface area contributed by atoms with Crippen molar-refractivity contribution in [3.8, 4) is 0 Å². The van der Waals surface area contributed by atoms with Crippen LogP contribution in [0.4, 0.5) is 0 Å². The molecule has 0 amide bonds. The van der Waals surface area contributed by atoms with E-state index in [0.717, 1.165) is 18.8 Å². The fourth-order valence-electron chi connectivity index (χ4n) is 1.67. The second-order valence-corrected chi connectivity index (χ2v) is 5.46. The van der Waals surface area contributed by atoms with Gasteiger partial charge >= 0.3 is 5.97 Å². The van der Waals surface area contributed by atoms with Gasteiger partial charge in [-0.1, -0.05) is 0 Å². The Morgan fingerprint density at radius 1 is 1.67 bits per heavy atom. The van der Waals surface area contributed by atoms with Crippen molar-refractivity contribution in [3.05, 3.63) is 22.4 Å². The number of rotatable bonds is 3. The molecule has 1 aromatic heterocycles. The Morgan fingerprint density at radius 3 is 3.20 bits per heavy atom. The van der Waals surface area contributed by atoms with Crippen LogP contribution in [-0.2, 0) is 11.3 Å². The molecule has 15 heavy (non-hydrogen) atoms. The fourth-order valence-corrected chi connectivity index (χ4v) is 3.44. The molecule has 1 unspecified atom stereocenters. The summed E-state index contributed by atoms with van der Waals surface area (Å²) in [6.45, 7) is 1.64. The summed E-state index contributed by atoms with van der Waals surface area (Å²) < 4.78 is 0. The molecule has 1 atom stereocenters. The van der Waals surface area contributed by atoms with Crippen LogP contribution in [0.5, 0.6) is 0 Å². The molecule has 0 spiro atoms. The molecule has 1 fully saturated rings. The Morgan fingerprint density at radius 2 is 2.53 bits per heavy atom. The summed E-state index contributed by atoms with van der Waals surface area (Å²) in [5.74, 6) is 1.05. The van der Waals surface area contributed by atoms with Crippen LogP contribution < -0.4 is 0 Å². The number of carboxylic acid groups (broad SMARTS) is 1. The van der Waals surface area contributed by atoms with E-state index in [-0.39, 0.29) is 6.04 Å². The maximum absolute atomic E-state index is 11.0. The van der Waals surface area contributed by atoms with E-state index in [9.17, 15) is 4.79 Å². The standard InChI is InChI=1S/C10H13NO2S2/c12-10(13)9-7-15-4-2-11(9)5-8-1-3-14-6-8/h1,3,6,9H,2,4-5,7H2,(H,12,13). The molecule has 1 aliphatic heterocycles. The van der Waals surface area contributed by atoms with Crippen molar-refractivity contribution >= 4 is 29.1 Å². The van der Waals surface area contributed by atoms with Crippen LogP contribution in [0.3, 0.4) is 0 Å². The van der Waals surface area contributed by atoms with Gasteiger partial charge in [0.1, 0.15) is 6.04 Å². The number of aliphatic carboxylic acids is 1. The lowest BCUT2D eigenvalue weighted by molar-refractivity contribution is -0.142. The Labute approximate surface area is 97.1 Å². The third-order valence-electron chi connectivity index (χ3n) is 2.49. The zero-order valence-corrected chi connectivity index (χ0v) is 9.89. The number of carboxylic acids is 1. The van der Waals surface area contributed by atoms with E-state index in [0.29, 0.717) is 5.75 Å². The topological polar surface area (TPSA) is 40.5 Å². The van der Waals surface area contributed by atoms with Gasteiger partial charge in [0.25, 0.3) is 0 Å². The molecular weight excluding hydrogens is 230 g/mol. The van der Waals surface area contributed by atoms with Crippen molar-refractivity contribution < 1.29 is 9.90 Å². The molecule has 1 saturated heterocycles. The smallest absolute Gasteiger partial charge is 0.321 e. The van der Waals surface area contributed by atoms with E-state index < -0.39 is 5.97 Å². The van der Waals surface area contributed by atoms with E-state index >= 15 is 0 Å². The highest BCUT2D eigenvalue weighted by molar-refractivity contribution is 7.99. The van der Waals surface area contributed by atoms with Gasteiger partial charge in [0.2, 0.25) is 0 Å². The molecule has 1 aromatic rings. The second kappa shape index (κ2) is 5.01. The minimum Gasteiger partial charge on any atom is -0.480 e. The van der Waals surface area contributed by atoms with Gasteiger partial charge < -0.3 is 5.11 Å². The molecule has 0 aromatic carbocycles. The number of hydrogen-bond donors (Lipinski definition) is 1. The lowest BCUT2D eigenvalue weighted by Gasteiger charge is -2.32. The van der Waals surface area contributed by atoms with Crippen LogP contribution in [0, 0.1) is 0 Å². The number of hydrogen-bond acceptors (Lipinski definition) is 4. The third kappa shape index (κ3) is 2.74. The minimum atomic E-state index is -0.697. The molecule has 82 valence electrons. The summed E-state index contributed by atoms with van der Waals surface area (Å²) in [5.41, 5.74) is 1.22. The molecule has 3 nitrogen and oxygen atoms in total. The lowest BCUT2D eigenvalue weighted by Crippen LogP contribution is -2.46. The predicted molar refractivity (Wildman–Crippen MR) is 63.5 cm³/mol. The van der Waals surface area contributed by atoms with Gasteiger partial charge in [-0.2, -0.15) is 23.1 Å². The Balaban J connectivity index is 2.02. The van der Waals surface area contributed by atoms with Gasteiger partial charge in [0, 0.05) is 24.6 Å². The van der Waals surface area contributed by atoms with E-state index in [1.54, 1.807) is 23.1 Å². The maximum atomic E-state index is 11.0. The van der Waals surface area contributed by atoms with Crippen molar-refractivity contribution in [1.82, 2.24) is 4.90 Å². The number of nitrogens with zero attached hydrogens (tertiary/aromatic N) is 1. The molecular formula is C10H13NO2S2. The summed E-state index contributed by atoms with van der Waals surface area (Å²) in [5, 5.41) is 13.2. The van der Waals surface area contributed by atoms with Gasteiger partial charge in [-0.3, -0.25) is 9.69 Å². The van der Waals surface area contributed by atoms with Gasteiger partial charge in [-0.25, -0.2) is 0 Å². The third-order valence-corrected chi connectivity index (χ3v) is 4.24. The lowest BCUT2D eigenvalue weighted by atomic mass is 10.2. The number of thiophene rings is 1. The first-order valence-electron chi connectivity index (χ1n) is 4.83. The summed E-state index contributed by atoms with van der Waals surface area (Å²) in [6, 6.07) is 1.74. The molecule has 2 heterocycles. The first kappa shape index (κ1) is 11.0. The molecule has 5 heteroatoms. The highest BCUT2D eigenvalue weighted by atomic mass is 32.2. The van der Waals surface area contributed by atoms with Crippen LogP contribution in [0.2, 0.25) is 0 Å². The summed E-state index contributed by atoms with van der Waals surface area (Å²) >= 11 is 3.39. The van der Waals surface area contributed by atoms with Crippen LogP contribution in [0.25, 0.3) is 0 Å². The maximum Gasteiger partial charge on any atom is 0.321 e. The van der Waals surface area contributed by atoms with E-state index in [4.69, 9.17) is 5.11 Å². The largest absolute Gasteiger partial charge is 0.480 e. The normalized spacial score (nSPS) is 22.8. The van der Waals surface area contributed by atoms with Gasteiger partial charge in [-0.05, 0) is 22.4 Å². The van der Waals surface area contributed by atoms with Crippen molar-refractivity contribution in [2.75, 3.05) is 18.1 Å².